The van der Waals surface area contributed by atoms with Gasteiger partial charge < -0.3 is 10.1 Å². The summed E-state index contributed by atoms with van der Waals surface area (Å²) in [5.41, 5.74) is -0.121. The Morgan fingerprint density at radius 3 is 2.65 bits per heavy atom. The van der Waals surface area contributed by atoms with E-state index in [0.717, 1.165) is 30.0 Å². The molecular weight excluding hydrogens is 453 g/mol. The van der Waals surface area contributed by atoms with Gasteiger partial charge in [0.15, 0.2) is 11.0 Å². The Labute approximate surface area is 185 Å². The molecule has 6 nitrogen and oxygen atoms in total. The first-order valence-electron chi connectivity index (χ1n) is 8.86. The average Bonchev–Trinajstić information content (AvgIpc) is 3.10. The molecule has 0 radical (unpaired) electrons. The van der Waals surface area contributed by atoms with E-state index in [9.17, 15) is 18.0 Å². The average molecular weight is 469 g/mol. The van der Waals surface area contributed by atoms with Crippen LogP contribution in [0.1, 0.15) is 5.82 Å². The number of nitrogens with one attached hydrogen (secondary N) is 1. The minimum Gasteiger partial charge on any atom is -0.484 e. The molecule has 31 heavy (non-hydrogen) atoms. The SMILES string of the molecule is C=CCn1c(COc2ccc(F)cc2Cl)nnc1SCC(=O)Nc1ccc(F)cc1F. The highest BCUT2D eigenvalue weighted by atomic mass is 35.5. The van der Waals surface area contributed by atoms with E-state index in [1.807, 2.05) is 0 Å². The van der Waals surface area contributed by atoms with Crippen LogP contribution in [0.25, 0.3) is 0 Å². The molecule has 3 rings (SSSR count). The zero-order chi connectivity index (χ0) is 22.4. The molecule has 0 bridgehead atoms. The van der Waals surface area contributed by atoms with Crippen molar-refractivity contribution in [1.29, 1.82) is 0 Å². The van der Waals surface area contributed by atoms with E-state index in [1.54, 1.807) is 10.6 Å². The van der Waals surface area contributed by atoms with Gasteiger partial charge in [-0.15, -0.1) is 16.8 Å². The maximum atomic E-state index is 13.7. The van der Waals surface area contributed by atoms with Gasteiger partial charge in [-0.25, -0.2) is 13.2 Å². The number of hydrogen-bond acceptors (Lipinski definition) is 5. The first-order valence-corrected chi connectivity index (χ1v) is 10.2. The van der Waals surface area contributed by atoms with Crippen molar-refractivity contribution in [2.24, 2.45) is 0 Å². The second-order valence-electron chi connectivity index (χ2n) is 6.12. The number of aromatic nitrogens is 3. The molecule has 0 aliphatic rings. The van der Waals surface area contributed by atoms with Gasteiger partial charge in [-0.1, -0.05) is 29.4 Å². The highest BCUT2D eigenvalue weighted by Crippen LogP contribution is 2.26. The molecule has 0 aliphatic heterocycles. The Kier molecular flexibility index (Phi) is 7.59. The van der Waals surface area contributed by atoms with E-state index < -0.39 is 23.4 Å². The number of amides is 1. The predicted molar refractivity (Wildman–Crippen MR) is 112 cm³/mol. The third-order valence-electron chi connectivity index (χ3n) is 3.89. The molecule has 11 heteroatoms. The fraction of sp³-hybridized carbons (Fsp3) is 0.150. The molecule has 0 unspecified atom stereocenters. The molecule has 3 aromatic rings. The van der Waals surface area contributed by atoms with Crippen molar-refractivity contribution in [2.45, 2.75) is 18.3 Å². The zero-order valence-electron chi connectivity index (χ0n) is 15.9. The van der Waals surface area contributed by atoms with E-state index in [0.29, 0.717) is 23.6 Å². The van der Waals surface area contributed by atoms with Gasteiger partial charge in [0.05, 0.1) is 16.5 Å². The second-order valence-corrected chi connectivity index (χ2v) is 7.47. The first-order chi connectivity index (χ1) is 14.9. The molecule has 1 N–H and O–H groups in total. The summed E-state index contributed by atoms with van der Waals surface area (Å²) in [5, 5.41) is 11.0. The van der Waals surface area contributed by atoms with Crippen LogP contribution >= 0.6 is 23.4 Å². The van der Waals surface area contributed by atoms with Crippen molar-refractivity contribution in [2.75, 3.05) is 11.1 Å². The number of nitrogens with zero attached hydrogens (tertiary/aromatic N) is 3. The number of hydrogen-bond donors (Lipinski definition) is 1. The Hall–Kier alpha value is -2.98. The van der Waals surface area contributed by atoms with Gasteiger partial charge in [0, 0.05) is 12.6 Å². The molecule has 162 valence electrons. The fourth-order valence-corrected chi connectivity index (χ4v) is 3.48. The third-order valence-corrected chi connectivity index (χ3v) is 5.16. The lowest BCUT2D eigenvalue weighted by Crippen LogP contribution is -2.16. The standard InChI is InChI=1S/C20H16ClF3N4O2S/c1-2-7-28-18(10-30-17-6-4-12(22)8-14(17)21)26-27-20(28)31-11-19(29)25-16-5-3-13(23)9-15(16)24/h2-6,8-9H,1,7,10-11H2,(H,25,29). The number of carbonyl (C=O) groups is 1. The van der Waals surface area contributed by atoms with Gasteiger partial charge in [0.25, 0.3) is 0 Å². The van der Waals surface area contributed by atoms with E-state index in [2.05, 4.69) is 22.1 Å². The lowest BCUT2D eigenvalue weighted by Gasteiger charge is -2.10. The normalized spacial score (nSPS) is 10.7. The highest BCUT2D eigenvalue weighted by molar-refractivity contribution is 7.99. The maximum Gasteiger partial charge on any atom is 0.234 e. The monoisotopic (exact) mass is 468 g/mol. The minimum absolute atomic E-state index is 0.000258. The molecule has 0 aliphatic carbocycles. The molecule has 1 amide bonds. The van der Waals surface area contributed by atoms with Gasteiger partial charge >= 0.3 is 0 Å². The number of benzene rings is 2. The number of allylic oxidation sites excluding steroid dienone is 1. The fourth-order valence-electron chi connectivity index (χ4n) is 2.49. The van der Waals surface area contributed by atoms with Crippen LogP contribution in [-0.4, -0.2) is 26.4 Å². The molecular formula is C20H16ClF3N4O2S. The second kappa shape index (κ2) is 10.4. The predicted octanol–water partition coefficient (Wildman–Crippen LogP) is 4.84. The van der Waals surface area contributed by atoms with Gasteiger partial charge in [0.1, 0.15) is 29.8 Å². The number of rotatable bonds is 9. The van der Waals surface area contributed by atoms with Crippen molar-refractivity contribution in [3.05, 3.63) is 77.4 Å². The van der Waals surface area contributed by atoms with Gasteiger partial charge in [-0.2, -0.15) is 0 Å². The van der Waals surface area contributed by atoms with Crippen LogP contribution in [0.2, 0.25) is 5.02 Å². The van der Waals surface area contributed by atoms with Gasteiger partial charge in [-0.3, -0.25) is 9.36 Å². The number of carbonyl (C=O) groups excluding carboxylic acids is 1. The summed E-state index contributed by atoms with van der Waals surface area (Å²) in [6.45, 7) is 4.03. The van der Waals surface area contributed by atoms with Gasteiger partial charge in [-0.05, 0) is 30.3 Å². The summed E-state index contributed by atoms with van der Waals surface area (Å²) in [7, 11) is 0. The molecule has 0 saturated carbocycles. The Bertz CT molecular complexity index is 1110. The lowest BCUT2D eigenvalue weighted by atomic mass is 10.3. The summed E-state index contributed by atoms with van der Waals surface area (Å²) in [4.78, 5) is 12.1. The first kappa shape index (κ1) is 22.7. The van der Waals surface area contributed by atoms with Crippen molar-refractivity contribution in [1.82, 2.24) is 14.8 Å². The molecule has 0 atom stereocenters. The van der Waals surface area contributed by atoms with Crippen molar-refractivity contribution < 1.29 is 22.7 Å². The quantitative estimate of drug-likeness (QED) is 0.359. The van der Waals surface area contributed by atoms with Crippen LogP contribution in [0.4, 0.5) is 18.9 Å². The van der Waals surface area contributed by atoms with E-state index >= 15 is 0 Å². The molecule has 1 aromatic heterocycles. The molecule has 0 fully saturated rings. The van der Waals surface area contributed by atoms with Crippen LogP contribution in [0.15, 0.2) is 54.2 Å². The Balaban J connectivity index is 1.64. The van der Waals surface area contributed by atoms with Crippen LogP contribution in [0.3, 0.4) is 0 Å². The number of anilines is 1. The Morgan fingerprint density at radius 2 is 1.94 bits per heavy atom. The van der Waals surface area contributed by atoms with Crippen molar-refractivity contribution >= 4 is 35.0 Å². The van der Waals surface area contributed by atoms with Crippen LogP contribution in [-0.2, 0) is 17.9 Å². The number of halogens is 4. The highest BCUT2D eigenvalue weighted by Gasteiger charge is 2.16. The Morgan fingerprint density at radius 1 is 1.19 bits per heavy atom. The number of ether oxygens (including phenoxy) is 1. The minimum atomic E-state index is -0.868. The molecule has 0 spiro atoms. The van der Waals surface area contributed by atoms with E-state index in [4.69, 9.17) is 16.3 Å². The largest absolute Gasteiger partial charge is 0.484 e. The molecule has 0 saturated heterocycles. The van der Waals surface area contributed by atoms with Crippen LogP contribution in [0, 0.1) is 17.5 Å². The maximum absolute atomic E-state index is 13.7. The summed E-state index contributed by atoms with van der Waals surface area (Å²) in [6.07, 6.45) is 1.62. The van der Waals surface area contributed by atoms with Crippen LogP contribution < -0.4 is 10.1 Å². The van der Waals surface area contributed by atoms with Crippen molar-refractivity contribution in [3.63, 3.8) is 0 Å². The summed E-state index contributed by atoms with van der Waals surface area (Å²) in [5.74, 6) is -1.95. The summed E-state index contributed by atoms with van der Waals surface area (Å²) in [6, 6.07) is 6.63. The third kappa shape index (κ3) is 6.02. The van der Waals surface area contributed by atoms with Gasteiger partial charge in [0.2, 0.25) is 5.91 Å². The summed E-state index contributed by atoms with van der Waals surface area (Å²) < 4.78 is 47.1. The summed E-state index contributed by atoms with van der Waals surface area (Å²) >= 11 is 7.03. The smallest absolute Gasteiger partial charge is 0.234 e. The molecule has 1 heterocycles. The van der Waals surface area contributed by atoms with Crippen molar-refractivity contribution in [3.8, 4) is 5.75 Å². The number of thioether (sulfide) groups is 1. The van der Waals surface area contributed by atoms with E-state index in [-0.39, 0.29) is 28.8 Å². The van der Waals surface area contributed by atoms with E-state index in [1.165, 1.54) is 12.1 Å². The zero-order valence-corrected chi connectivity index (χ0v) is 17.5. The van der Waals surface area contributed by atoms with Crippen LogP contribution in [0.5, 0.6) is 5.75 Å². The topological polar surface area (TPSA) is 69.0 Å². The lowest BCUT2D eigenvalue weighted by molar-refractivity contribution is -0.113. The molecule has 2 aromatic carbocycles.